The fourth-order valence-corrected chi connectivity index (χ4v) is 3.88. The molecule has 0 aromatic heterocycles. The van der Waals surface area contributed by atoms with Crippen molar-refractivity contribution in [3.8, 4) is 0 Å². The van der Waals surface area contributed by atoms with Gasteiger partial charge in [-0.15, -0.1) is 0 Å². The monoisotopic (exact) mass is 317 g/mol. The number of rotatable bonds is 8. The van der Waals surface area contributed by atoms with Crippen LogP contribution in [0, 0.1) is 5.92 Å². The molecule has 0 aromatic carbocycles. The van der Waals surface area contributed by atoms with Crippen LogP contribution < -0.4 is 17.0 Å². The molecule has 2 bridgehead atoms. The zero-order valence-electron chi connectivity index (χ0n) is 12.3. The Hall–Kier alpha value is 0.440. The molecule has 0 atom stereocenters. The molecule has 2 heteroatoms. The van der Waals surface area contributed by atoms with E-state index in [0.29, 0.717) is 0 Å². The lowest BCUT2D eigenvalue weighted by atomic mass is 9.85. The fourth-order valence-electron chi connectivity index (χ4n) is 3.88. The Kier molecular flexibility index (Phi) is 7.86. The molecular weight excluding hydrogens is 286 g/mol. The molecule has 0 radical (unpaired) electrons. The van der Waals surface area contributed by atoms with Crippen molar-refractivity contribution < 1.29 is 21.5 Å². The van der Waals surface area contributed by atoms with Gasteiger partial charge < -0.3 is 21.5 Å². The van der Waals surface area contributed by atoms with E-state index in [1.807, 2.05) is 0 Å². The molecule has 3 rings (SSSR count). The first-order chi connectivity index (χ1) is 8.35. The molecule has 1 nitrogen and oxygen atoms in total. The lowest BCUT2D eigenvalue weighted by molar-refractivity contribution is -0.942. The van der Waals surface area contributed by atoms with Crippen LogP contribution in [0.1, 0.15) is 71.1 Å². The molecule has 0 N–H and O–H groups in total. The Balaban J connectivity index is 0.00000162. The van der Waals surface area contributed by atoms with Gasteiger partial charge in [-0.25, -0.2) is 0 Å². The smallest absolute Gasteiger partial charge is 0.0789 e. The molecule has 18 heavy (non-hydrogen) atoms. The van der Waals surface area contributed by atoms with Gasteiger partial charge in [0.1, 0.15) is 0 Å². The Morgan fingerprint density at radius 1 is 0.778 bits per heavy atom. The normalized spacial score (nSPS) is 30.2. The SMILES string of the molecule is CCCCCCCCC[N+]12CCC(CC1)CC2.[Br-]. The van der Waals surface area contributed by atoms with Gasteiger partial charge >= 0.3 is 0 Å². The third-order valence-electron chi connectivity index (χ3n) is 5.27. The summed E-state index contributed by atoms with van der Waals surface area (Å²) in [7, 11) is 0. The first kappa shape index (κ1) is 16.5. The van der Waals surface area contributed by atoms with E-state index in [4.69, 9.17) is 0 Å². The van der Waals surface area contributed by atoms with E-state index in [1.165, 1.54) is 94.9 Å². The minimum absolute atomic E-state index is 0. The summed E-state index contributed by atoms with van der Waals surface area (Å²) in [6, 6.07) is 0. The summed E-state index contributed by atoms with van der Waals surface area (Å²) in [6.45, 7) is 8.35. The lowest BCUT2D eigenvalue weighted by Gasteiger charge is -2.49. The minimum Gasteiger partial charge on any atom is -1.00 e. The van der Waals surface area contributed by atoms with Crippen LogP contribution in [0.4, 0.5) is 0 Å². The molecule has 3 heterocycles. The third kappa shape index (κ3) is 4.85. The maximum atomic E-state index is 2.30. The van der Waals surface area contributed by atoms with E-state index in [2.05, 4.69) is 6.92 Å². The number of hydrogen-bond acceptors (Lipinski definition) is 0. The summed E-state index contributed by atoms with van der Waals surface area (Å²) in [4.78, 5) is 0. The molecule has 0 saturated carbocycles. The van der Waals surface area contributed by atoms with Gasteiger partial charge in [-0.05, 0) is 38.0 Å². The summed E-state index contributed by atoms with van der Waals surface area (Å²) >= 11 is 0. The van der Waals surface area contributed by atoms with Crippen LogP contribution in [-0.2, 0) is 0 Å². The summed E-state index contributed by atoms with van der Waals surface area (Å²) in [6.07, 6.45) is 14.9. The molecule has 0 spiro atoms. The van der Waals surface area contributed by atoms with Crippen LogP contribution >= 0.6 is 0 Å². The number of hydrogen-bond donors (Lipinski definition) is 0. The van der Waals surface area contributed by atoms with Gasteiger partial charge in [0.25, 0.3) is 0 Å². The average molecular weight is 318 g/mol. The van der Waals surface area contributed by atoms with E-state index in [0.717, 1.165) is 5.92 Å². The van der Waals surface area contributed by atoms with Gasteiger partial charge in [0, 0.05) is 0 Å². The second kappa shape index (κ2) is 8.58. The predicted molar refractivity (Wildman–Crippen MR) is 75.1 cm³/mol. The lowest BCUT2D eigenvalue weighted by Crippen LogP contribution is -3.00. The Labute approximate surface area is 125 Å². The maximum Gasteiger partial charge on any atom is 0.0789 e. The molecule has 3 fully saturated rings. The first-order valence-electron chi connectivity index (χ1n) is 8.20. The van der Waals surface area contributed by atoms with Crippen molar-refractivity contribution in [2.75, 3.05) is 26.2 Å². The van der Waals surface area contributed by atoms with Crippen LogP contribution in [0.3, 0.4) is 0 Å². The van der Waals surface area contributed by atoms with Crippen molar-refractivity contribution in [3.05, 3.63) is 0 Å². The minimum atomic E-state index is 0. The van der Waals surface area contributed by atoms with E-state index in [9.17, 15) is 0 Å². The summed E-state index contributed by atoms with van der Waals surface area (Å²) < 4.78 is 1.51. The first-order valence-corrected chi connectivity index (χ1v) is 8.20. The third-order valence-corrected chi connectivity index (χ3v) is 5.27. The van der Waals surface area contributed by atoms with Gasteiger partial charge in [-0.1, -0.05) is 39.0 Å². The molecule has 108 valence electrons. The van der Waals surface area contributed by atoms with Crippen LogP contribution in [0.5, 0.6) is 0 Å². The Morgan fingerprint density at radius 2 is 1.28 bits per heavy atom. The van der Waals surface area contributed by atoms with E-state index in [-0.39, 0.29) is 17.0 Å². The van der Waals surface area contributed by atoms with E-state index >= 15 is 0 Å². The summed E-state index contributed by atoms with van der Waals surface area (Å²) in [5, 5.41) is 0. The van der Waals surface area contributed by atoms with Crippen molar-refractivity contribution in [1.82, 2.24) is 0 Å². The fraction of sp³-hybridized carbons (Fsp3) is 1.00. The highest BCUT2D eigenvalue weighted by Crippen LogP contribution is 2.33. The Morgan fingerprint density at radius 3 is 1.83 bits per heavy atom. The summed E-state index contributed by atoms with van der Waals surface area (Å²) in [5.41, 5.74) is 0. The molecule has 0 aromatic rings. The van der Waals surface area contributed by atoms with Crippen LogP contribution in [0.25, 0.3) is 0 Å². The largest absolute Gasteiger partial charge is 1.00 e. The van der Waals surface area contributed by atoms with Crippen molar-refractivity contribution in [2.45, 2.75) is 71.1 Å². The van der Waals surface area contributed by atoms with Crippen molar-refractivity contribution >= 4 is 0 Å². The maximum absolute atomic E-state index is 2.30. The number of fused-ring (bicyclic) bond motifs is 3. The zero-order valence-corrected chi connectivity index (χ0v) is 13.9. The average Bonchev–Trinajstić information content (AvgIpc) is 2.40. The standard InChI is InChI=1S/C16H32N.BrH/c1-2-3-4-5-6-7-8-12-17-13-9-16(10-14-17)11-15-17;/h16H,2-15H2,1H3;1H/q+1;/p-1. The molecule has 0 amide bonds. The van der Waals surface area contributed by atoms with Crippen molar-refractivity contribution in [3.63, 3.8) is 0 Å². The molecule has 0 unspecified atom stereocenters. The van der Waals surface area contributed by atoms with Crippen LogP contribution in [0.2, 0.25) is 0 Å². The molecule has 3 aliphatic heterocycles. The highest BCUT2D eigenvalue weighted by Gasteiger charge is 2.38. The van der Waals surface area contributed by atoms with Gasteiger partial charge in [0.05, 0.1) is 26.2 Å². The van der Waals surface area contributed by atoms with Crippen LogP contribution in [0.15, 0.2) is 0 Å². The quantitative estimate of drug-likeness (QED) is 0.468. The molecule has 3 saturated heterocycles. The van der Waals surface area contributed by atoms with Gasteiger partial charge in [-0.3, -0.25) is 0 Å². The van der Waals surface area contributed by atoms with Gasteiger partial charge in [0.2, 0.25) is 0 Å². The topological polar surface area (TPSA) is 0 Å². The Bertz CT molecular complexity index is 195. The number of piperidine rings is 3. The van der Waals surface area contributed by atoms with Crippen LogP contribution in [-0.4, -0.2) is 30.7 Å². The predicted octanol–water partition coefficient (Wildman–Crippen LogP) is 1.37. The second-order valence-corrected chi connectivity index (χ2v) is 6.59. The second-order valence-electron chi connectivity index (χ2n) is 6.59. The van der Waals surface area contributed by atoms with Crippen molar-refractivity contribution in [1.29, 1.82) is 0 Å². The molecular formula is C16H32BrN. The number of halogens is 1. The highest BCUT2D eigenvalue weighted by atomic mass is 79.9. The molecule has 3 aliphatic rings. The van der Waals surface area contributed by atoms with E-state index in [1.54, 1.807) is 0 Å². The summed E-state index contributed by atoms with van der Waals surface area (Å²) in [5.74, 6) is 1.11. The highest BCUT2D eigenvalue weighted by molar-refractivity contribution is 4.71. The number of unbranched alkanes of at least 4 members (excludes halogenated alkanes) is 6. The van der Waals surface area contributed by atoms with Crippen molar-refractivity contribution in [2.24, 2.45) is 5.92 Å². The van der Waals surface area contributed by atoms with E-state index < -0.39 is 0 Å². The number of nitrogens with zero attached hydrogens (tertiary/aromatic N) is 1. The molecule has 0 aliphatic carbocycles. The zero-order chi connectivity index (χ0) is 12.0. The van der Waals surface area contributed by atoms with Gasteiger partial charge in [0.15, 0.2) is 0 Å². The van der Waals surface area contributed by atoms with Gasteiger partial charge in [-0.2, -0.15) is 0 Å². The number of quaternary nitrogens is 1.